The molecule has 0 heteroatoms. The lowest BCUT2D eigenvalue weighted by molar-refractivity contribution is 0.388. The first-order chi connectivity index (χ1) is 15.5. The Labute approximate surface area is 204 Å². The molecule has 0 aromatic rings. The molecule has 0 rings (SSSR count). The van der Waals surface area contributed by atoms with E-state index in [0.717, 1.165) is 18.3 Å². The highest BCUT2D eigenvalue weighted by Gasteiger charge is 2.13. The molecule has 0 saturated heterocycles. The van der Waals surface area contributed by atoms with E-state index in [0.29, 0.717) is 5.92 Å². The van der Waals surface area contributed by atoms with Gasteiger partial charge >= 0.3 is 0 Å². The summed E-state index contributed by atoms with van der Waals surface area (Å²) in [6.45, 7) is 11.7. The highest BCUT2D eigenvalue weighted by Crippen LogP contribution is 2.22. The van der Waals surface area contributed by atoms with E-state index in [4.69, 9.17) is 6.42 Å². The molecule has 0 fully saturated rings. The zero-order valence-electron chi connectivity index (χ0n) is 22.8. The smallest absolute Gasteiger partial charge is 0.0834 e. The van der Waals surface area contributed by atoms with Gasteiger partial charge in [-0.1, -0.05) is 149 Å². The van der Waals surface area contributed by atoms with Gasteiger partial charge in [0.05, 0.1) is 5.92 Å². The molecule has 0 bridgehead atoms. The minimum Gasteiger partial charge on any atom is -0.119 e. The van der Waals surface area contributed by atoms with Crippen molar-refractivity contribution in [1.29, 1.82) is 0 Å². The van der Waals surface area contributed by atoms with Gasteiger partial charge in [-0.25, -0.2) is 0 Å². The molecule has 186 valence electrons. The molecule has 0 saturated carbocycles. The normalized spacial score (nSPS) is 13.9. The van der Waals surface area contributed by atoms with E-state index in [9.17, 15) is 0 Å². The Balaban J connectivity index is 3.70. The lowest BCUT2D eigenvalue weighted by atomic mass is 9.88. The summed E-state index contributed by atoms with van der Waals surface area (Å²) in [5.74, 6) is 12.1. The summed E-state index contributed by atoms with van der Waals surface area (Å²) in [5, 5.41) is 0. The molecule has 32 heavy (non-hydrogen) atoms. The van der Waals surface area contributed by atoms with Crippen LogP contribution in [-0.4, -0.2) is 0 Å². The predicted molar refractivity (Wildman–Crippen MR) is 147 cm³/mol. The average Bonchev–Trinajstić information content (AvgIpc) is 2.76. The molecule has 0 aromatic carbocycles. The van der Waals surface area contributed by atoms with Crippen molar-refractivity contribution in [3.63, 3.8) is 0 Å². The molecular weight excluding hydrogens is 384 g/mol. The Morgan fingerprint density at radius 2 is 1.09 bits per heavy atom. The summed E-state index contributed by atoms with van der Waals surface area (Å²) in [6.07, 6.45) is 31.6. The van der Waals surface area contributed by atoms with Gasteiger partial charge in [0.2, 0.25) is 0 Å². The molecule has 0 nitrogen and oxygen atoms in total. The maximum Gasteiger partial charge on any atom is 0.0834 e. The third-order valence-corrected chi connectivity index (χ3v) is 7.00. The summed E-state index contributed by atoms with van der Waals surface area (Å²) in [4.78, 5) is 0. The zero-order chi connectivity index (χ0) is 23.9. The predicted octanol–water partition coefficient (Wildman–Crippen LogP) is 10.6. The van der Waals surface area contributed by atoms with Crippen molar-refractivity contribution in [2.24, 2.45) is 23.7 Å². The molecule has 3 atom stereocenters. The van der Waals surface area contributed by atoms with Crippen molar-refractivity contribution in [3.05, 3.63) is 0 Å². The molecule has 0 aliphatic heterocycles. The lowest BCUT2D eigenvalue weighted by Gasteiger charge is -2.16. The molecule has 0 spiro atoms. The standard InChI is InChI=1S/C32H58/c1-7-9-10-11-12-13-14-15-16-17-18-19-20-21-28-32(8-2)31(6)27-23-26-30(5)25-22-24-29(3)4/h2,29-32H,7,9-20,22-27H2,1,3-6H3. The van der Waals surface area contributed by atoms with E-state index in [-0.39, 0.29) is 5.92 Å². The largest absolute Gasteiger partial charge is 0.119 e. The molecule has 0 amide bonds. The third-order valence-electron chi connectivity index (χ3n) is 7.00. The average molecular weight is 443 g/mol. The van der Waals surface area contributed by atoms with Crippen molar-refractivity contribution in [2.75, 3.05) is 0 Å². The van der Waals surface area contributed by atoms with Crippen molar-refractivity contribution in [1.82, 2.24) is 0 Å². The molecule has 0 aromatic heterocycles. The van der Waals surface area contributed by atoms with Crippen LogP contribution in [0, 0.1) is 47.9 Å². The van der Waals surface area contributed by atoms with Crippen molar-refractivity contribution < 1.29 is 0 Å². The lowest BCUT2D eigenvalue weighted by Crippen LogP contribution is -2.08. The third kappa shape index (κ3) is 21.0. The SMILES string of the molecule is C#CC(C#CCCCCCCCCCCCCCC)C(C)CCCC(C)CCCC(C)C. The summed E-state index contributed by atoms with van der Waals surface area (Å²) in [7, 11) is 0. The Hall–Kier alpha value is -0.880. The number of hydrogen-bond donors (Lipinski definition) is 0. The van der Waals surface area contributed by atoms with Crippen LogP contribution in [0.3, 0.4) is 0 Å². The molecule has 0 radical (unpaired) electrons. The quantitative estimate of drug-likeness (QED) is 0.122. The summed E-state index contributed by atoms with van der Waals surface area (Å²) in [5.41, 5.74) is 0. The summed E-state index contributed by atoms with van der Waals surface area (Å²) >= 11 is 0. The highest BCUT2D eigenvalue weighted by molar-refractivity contribution is 5.15. The maximum atomic E-state index is 5.80. The summed E-state index contributed by atoms with van der Waals surface area (Å²) < 4.78 is 0. The second-order valence-electron chi connectivity index (χ2n) is 10.9. The monoisotopic (exact) mass is 442 g/mol. The van der Waals surface area contributed by atoms with Crippen LogP contribution >= 0.6 is 0 Å². The zero-order valence-corrected chi connectivity index (χ0v) is 22.8. The first-order valence-electron chi connectivity index (χ1n) is 14.5. The van der Waals surface area contributed by atoms with Gasteiger partial charge in [-0.05, 0) is 30.6 Å². The van der Waals surface area contributed by atoms with Crippen molar-refractivity contribution in [3.8, 4) is 24.2 Å². The molecule has 0 aliphatic carbocycles. The fourth-order valence-electron chi connectivity index (χ4n) is 4.56. The molecule has 0 heterocycles. The van der Waals surface area contributed by atoms with Crippen LogP contribution in [0.25, 0.3) is 0 Å². The van der Waals surface area contributed by atoms with Crippen molar-refractivity contribution in [2.45, 2.75) is 157 Å². The molecule has 3 unspecified atom stereocenters. The van der Waals surface area contributed by atoms with Gasteiger partial charge in [0.1, 0.15) is 0 Å². The molecule has 0 aliphatic rings. The Morgan fingerprint density at radius 1 is 0.594 bits per heavy atom. The number of hydrogen-bond acceptors (Lipinski definition) is 0. The number of terminal acetylenes is 1. The van der Waals surface area contributed by atoms with E-state index >= 15 is 0 Å². The topological polar surface area (TPSA) is 0 Å². The van der Waals surface area contributed by atoms with Gasteiger partial charge in [0.15, 0.2) is 0 Å². The second kappa shape index (κ2) is 23.3. The van der Waals surface area contributed by atoms with Crippen LogP contribution in [0.1, 0.15) is 157 Å². The van der Waals surface area contributed by atoms with Gasteiger partial charge in [-0.2, -0.15) is 0 Å². The van der Waals surface area contributed by atoms with Crippen molar-refractivity contribution >= 4 is 0 Å². The van der Waals surface area contributed by atoms with E-state index in [1.807, 2.05) is 0 Å². The first kappa shape index (κ1) is 31.1. The van der Waals surface area contributed by atoms with Gasteiger partial charge in [0, 0.05) is 6.42 Å². The minimum absolute atomic E-state index is 0.142. The van der Waals surface area contributed by atoms with Crippen LogP contribution in [0.4, 0.5) is 0 Å². The van der Waals surface area contributed by atoms with E-state index < -0.39 is 0 Å². The van der Waals surface area contributed by atoms with Crippen LogP contribution in [0.5, 0.6) is 0 Å². The van der Waals surface area contributed by atoms with E-state index in [1.54, 1.807) is 0 Å². The number of unbranched alkanes of at least 4 members (excludes halogenated alkanes) is 12. The maximum absolute atomic E-state index is 5.80. The Morgan fingerprint density at radius 3 is 1.59 bits per heavy atom. The van der Waals surface area contributed by atoms with Crippen LogP contribution in [0.15, 0.2) is 0 Å². The van der Waals surface area contributed by atoms with Crippen LogP contribution in [-0.2, 0) is 0 Å². The van der Waals surface area contributed by atoms with Gasteiger partial charge in [-0.15, -0.1) is 12.3 Å². The van der Waals surface area contributed by atoms with E-state index in [2.05, 4.69) is 52.4 Å². The van der Waals surface area contributed by atoms with Gasteiger partial charge in [-0.3, -0.25) is 0 Å². The van der Waals surface area contributed by atoms with Gasteiger partial charge < -0.3 is 0 Å². The second-order valence-corrected chi connectivity index (χ2v) is 10.9. The summed E-state index contributed by atoms with van der Waals surface area (Å²) in [6, 6.07) is 0. The minimum atomic E-state index is 0.142. The van der Waals surface area contributed by atoms with Crippen LogP contribution in [0.2, 0.25) is 0 Å². The first-order valence-corrected chi connectivity index (χ1v) is 14.5. The number of rotatable bonds is 21. The molecular formula is C32H58. The highest BCUT2D eigenvalue weighted by atomic mass is 14.2. The fourth-order valence-corrected chi connectivity index (χ4v) is 4.56. The van der Waals surface area contributed by atoms with E-state index in [1.165, 1.54) is 116 Å². The Kier molecular flexibility index (Phi) is 22.6. The van der Waals surface area contributed by atoms with Gasteiger partial charge in [0.25, 0.3) is 0 Å². The molecule has 0 N–H and O–H groups in total. The fraction of sp³-hybridized carbons (Fsp3) is 0.875. The van der Waals surface area contributed by atoms with Crippen LogP contribution < -0.4 is 0 Å². The Bertz CT molecular complexity index is 482.